The lowest BCUT2D eigenvalue weighted by molar-refractivity contribution is -0.126. The van der Waals surface area contributed by atoms with Crippen molar-refractivity contribution in [2.24, 2.45) is 5.92 Å². The van der Waals surface area contributed by atoms with Crippen LogP contribution in [0, 0.1) is 5.92 Å². The average Bonchev–Trinajstić information content (AvgIpc) is 3.26. The molecule has 1 N–H and O–H groups in total. The average molecular weight is 448 g/mol. The smallest absolute Gasteiger partial charge is 0.241 e. The van der Waals surface area contributed by atoms with E-state index >= 15 is 0 Å². The Balaban J connectivity index is 1.15. The van der Waals surface area contributed by atoms with E-state index in [1.165, 1.54) is 0 Å². The van der Waals surface area contributed by atoms with Gasteiger partial charge in [-0.3, -0.25) is 14.6 Å². The Bertz CT molecular complexity index is 847. The molecule has 1 amide bonds. The number of benzene rings is 1. The van der Waals surface area contributed by atoms with Gasteiger partial charge in [0.1, 0.15) is 0 Å². The summed E-state index contributed by atoms with van der Waals surface area (Å²) < 4.78 is 10.8. The number of morpholine rings is 1. The van der Waals surface area contributed by atoms with E-state index in [2.05, 4.69) is 25.3 Å². The van der Waals surface area contributed by atoms with Crippen molar-refractivity contribution in [3.63, 3.8) is 0 Å². The van der Waals surface area contributed by atoms with Crippen LogP contribution in [0.4, 0.5) is 0 Å². The minimum atomic E-state index is 0.0874. The zero-order chi connectivity index (χ0) is 21.5. The number of halogens is 1. The van der Waals surface area contributed by atoms with Gasteiger partial charge in [-0.15, -0.1) is 0 Å². The van der Waals surface area contributed by atoms with Crippen molar-refractivity contribution in [2.45, 2.75) is 25.8 Å². The van der Waals surface area contributed by atoms with Crippen LogP contribution in [0.1, 0.15) is 25.2 Å². The summed E-state index contributed by atoms with van der Waals surface area (Å²) in [6.45, 7) is 7.67. The third-order valence-corrected chi connectivity index (χ3v) is 6.16. The Labute approximate surface area is 187 Å². The van der Waals surface area contributed by atoms with Gasteiger partial charge < -0.3 is 14.6 Å². The zero-order valence-corrected chi connectivity index (χ0v) is 18.5. The van der Waals surface area contributed by atoms with Gasteiger partial charge in [0.25, 0.3) is 0 Å². The number of likely N-dealkylation sites (tertiary alicyclic amines) is 1. The fraction of sp³-hybridized carbons (Fsp3) is 0.591. The van der Waals surface area contributed by atoms with Crippen LogP contribution in [-0.2, 0) is 16.1 Å². The lowest BCUT2D eigenvalue weighted by Crippen LogP contribution is -2.41. The Morgan fingerprint density at radius 3 is 2.74 bits per heavy atom. The SMILES string of the molecule is O=C(NCCCN1CCOCC1)C1CCN(Cc2nc(-c3cccc(Cl)c3)no2)CC1. The number of piperidine rings is 1. The van der Waals surface area contributed by atoms with E-state index in [1.54, 1.807) is 0 Å². The molecular weight excluding hydrogens is 418 g/mol. The van der Waals surface area contributed by atoms with Gasteiger partial charge in [-0.05, 0) is 51.0 Å². The number of nitrogens with zero attached hydrogens (tertiary/aromatic N) is 4. The fourth-order valence-electron chi connectivity index (χ4n) is 4.09. The van der Waals surface area contributed by atoms with Crippen molar-refractivity contribution < 1.29 is 14.1 Å². The summed E-state index contributed by atoms with van der Waals surface area (Å²) in [5.74, 6) is 1.40. The maximum absolute atomic E-state index is 12.5. The minimum absolute atomic E-state index is 0.0874. The largest absolute Gasteiger partial charge is 0.379 e. The molecule has 8 nitrogen and oxygen atoms in total. The summed E-state index contributed by atoms with van der Waals surface area (Å²) in [5.41, 5.74) is 0.839. The molecule has 4 rings (SSSR count). The Kier molecular flexibility index (Phi) is 7.91. The second-order valence-corrected chi connectivity index (χ2v) is 8.61. The maximum atomic E-state index is 12.5. The molecule has 2 aliphatic heterocycles. The highest BCUT2D eigenvalue weighted by atomic mass is 35.5. The van der Waals surface area contributed by atoms with E-state index in [-0.39, 0.29) is 11.8 Å². The molecule has 1 aromatic heterocycles. The van der Waals surface area contributed by atoms with Gasteiger partial charge in [-0.1, -0.05) is 28.9 Å². The number of rotatable bonds is 8. The Morgan fingerprint density at radius 1 is 1.16 bits per heavy atom. The van der Waals surface area contributed by atoms with Crippen molar-refractivity contribution in [2.75, 3.05) is 52.5 Å². The number of nitrogens with one attached hydrogen (secondary N) is 1. The second kappa shape index (κ2) is 11.0. The summed E-state index contributed by atoms with van der Waals surface area (Å²) in [6, 6.07) is 7.41. The molecular formula is C22H30ClN5O3. The Hall–Kier alpha value is -2.00. The van der Waals surface area contributed by atoms with E-state index in [1.807, 2.05) is 24.3 Å². The number of carbonyl (C=O) groups is 1. The van der Waals surface area contributed by atoms with E-state index in [4.69, 9.17) is 20.9 Å². The normalized spacial score (nSPS) is 18.9. The molecule has 2 saturated heterocycles. The number of hydrogen-bond acceptors (Lipinski definition) is 7. The van der Waals surface area contributed by atoms with Crippen LogP contribution in [0.15, 0.2) is 28.8 Å². The highest BCUT2D eigenvalue weighted by Gasteiger charge is 2.26. The molecule has 168 valence electrons. The van der Waals surface area contributed by atoms with E-state index in [0.717, 1.165) is 77.3 Å². The monoisotopic (exact) mass is 447 g/mol. The van der Waals surface area contributed by atoms with Crippen LogP contribution in [-0.4, -0.2) is 78.3 Å². The van der Waals surface area contributed by atoms with Crippen LogP contribution < -0.4 is 5.32 Å². The predicted octanol–water partition coefficient (Wildman–Crippen LogP) is 2.44. The molecule has 31 heavy (non-hydrogen) atoms. The van der Waals surface area contributed by atoms with Crippen molar-refractivity contribution in [3.05, 3.63) is 35.2 Å². The molecule has 0 saturated carbocycles. The van der Waals surface area contributed by atoms with Gasteiger partial charge in [0.15, 0.2) is 0 Å². The van der Waals surface area contributed by atoms with E-state index in [0.29, 0.717) is 23.3 Å². The van der Waals surface area contributed by atoms with Crippen molar-refractivity contribution in [1.29, 1.82) is 0 Å². The van der Waals surface area contributed by atoms with Gasteiger partial charge in [0, 0.05) is 36.1 Å². The highest BCUT2D eigenvalue weighted by Crippen LogP contribution is 2.22. The number of amides is 1. The van der Waals surface area contributed by atoms with Crippen LogP contribution in [0.2, 0.25) is 5.02 Å². The predicted molar refractivity (Wildman–Crippen MR) is 118 cm³/mol. The van der Waals surface area contributed by atoms with Gasteiger partial charge in [0.05, 0.1) is 19.8 Å². The first-order valence-electron chi connectivity index (χ1n) is 11.1. The molecule has 1 aromatic carbocycles. The van der Waals surface area contributed by atoms with E-state index < -0.39 is 0 Å². The summed E-state index contributed by atoms with van der Waals surface area (Å²) >= 11 is 6.04. The molecule has 0 atom stereocenters. The van der Waals surface area contributed by atoms with Gasteiger partial charge >= 0.3 is 0 Å². The lowest BCUT2D eigenvalue weighted by Gasteiger charge is -2.30. The molecule has 0 bridgehead atoms. The van der Waals surface area contributed by atoms with Crippen LogP contribution in [0.5, 0.6) is 0 Å². The first-order valence-corrected chi connectivity index (χ1v) is 11.4. The van der Waals surface area contributed by atoms with Gasteiger partial charge in [-0.25, -0.2) is 0 Å². The van der Waals surface area contributed by atoms with Crippen molar-refractivity contribution in [3.8, 4) is 11.4 Å². The molecule has 3 heterocycles. The third-order valence-electron chi connectivity index (χ3n) is 5.92. The third kappa shape index (κ3) is 6.49. The molecule has 2 aromatic rings. The molecule has 9 heteroatoms. The van der Waals surface area contributed by atoms with Crippen molar-refractivity contribution in [1.82, 2.24) is 25.3 Å². The topological polar surface area (TPSA) is 83.7 Å². The second-order valence-electron chi connectivity index (χ2n) is 8.17. The van der Waals surface area contributed by atoms with Crippen LogP contribution in [0.3, 0.4) is 0 Å². The van der Waals surface area contributed by atoms with Gasteiger partial charge in [-0.2, -0.15) is 4.98 Å². The molecule has 0 radical (unpaired) electrons. The molecule has 2 fully saturated rings. The van der Waals surface area contributed by atoms with Crippen LogP contribution >= 0.6 is 11.6 Å². The molecule has 0 spiro atoms. The Morgan fingerprint density at radius 2 is 1.97 bits per heavy atom. The maximum Gasteiger partial charge on any atom is 0.241 e. The summed E-state index contributed by atoms with van der Waals surface area (Å²) in [7, 11) is 0. The number of aromatic nitrogens is 2. The summed E-state index contributed by atoms with van der Waals surface area (Å²) in [5, 5.41) is 7.83. The molecule has 0 unspecified atom stereocenters. The minimum Gasteiger partial charge on any atom is -0.379 e. The van der Waals surface area contributed by atoms with Crippen LogP contribution in [0.25, 0.3) is 11.4 Å². The van der Waals surface area contributed by atoms with E-state index in [9.17, 15) is 4.79 Å². The standard InChI is InChI=1S/C22H30ClN5O3/c23-19-4-1-3-18(15-19)21-25-20(31-26-21)16-28-9-5-17(6-10-28)22(29)24-7-2-8-27-11-13-30-14-12-27/h1,3-4,15,17H,2,5-14,16H2,(H,24,29). The first-order chi connectivity index (χ1) is 15.2. The molecule has 2 aliphatic rings. The fourth-order valence-corrected chi connectivity index (χ4v) is 4.28. The van der Waals surface area contributed by atoms with Crippen molar-refractivity contribution >= 4 is 17.5 Å². The first kappa shape index (κ1) is 22.2. The summed E-state index contributed by atoms with van der Waals surface area (Å²) in [6.07, 6.45) is 2.69. The van der Waals surface area contributed by atoms with Gasteiger partial charge in [0.2, 0.25) is 17.6 Å². The zero-order valence-electron chi connectivity index (χ0n) is 17.8. The molecule has 0 aliphatic carbocycles. The highest BCUT2D eigenvalue weighted by molar-refractivity contribution is 6.30. The lowest BCUT2D eigenvalue weighted by atomic mass is 9.96. The number of hydrogen-bond donors (Lipinski definition) is 1. The number of carbonyl (C=O) groups excluding carboxylic acids is 1. The number of ether oxygens (including phenoxy) is 1. The quantitative estimate of drug-likeness (QED) is 0.622. The summed E-state index contributed by atoms with van der Waals surface area (Å²) in [4.78, 5) is 21.6.